The SMILES string of the molecule is N#CC1(CCC(=O)O)CCN(C(=O)OCC2c3ccccc3-c3ccccc32)CC1. The highest BCUT2D eigenvalue weighted by atomic mass is 16.6. The number of aliphatic carboxylic acids is 1. The summed E-state index contributed by atoms with van der Waals surface area (Å²) in [6.45, 7) is 1.08. The molecule has 0 unspecified atom stereocenters. The molecule has 1 aliphatic carbocycles. The van der Waals surface area contributed by atoms with E-state index in [2.05, 4.69) is 30.3 Å². The van der Waals surface area contributed by atoms with Crippen molar-refractivity contribution in [2.24, 2.45) is 5.41 Å². The second-order valence-electron chi connectivity index (χ2n) is 8.08. The molecule has 4 rings (SSSR count). The van der Waals surface area contributed by atoms with Crippen LogP contribution in [-0.4, -0.2) is 41.8 Å². The van der Waals surface area contributed by atoms with E-state index in [1.807, 2.05) is 24.3 Å². The number of rotatable bonds is 5. The Morgan fingerprint density at radius 2 is 1.63 bits per heavy atom. The molecule has 2 aliphatic rings. The van der Waals surface area contributed by atoms with E-state index >= 15 is 0 Å². The summed E-state index contributed by atoms with van der Waals surface area (Å²) in [4.78, 5) is 25.2. The minimum atomic E-state index is -0.899. The number of piperidine rings is 1. The summed E-state index contributed by atoms with van der Waals surface area (Å²) < 4.78 is 5.69. The molecule has 1 heterocycles. The van der Waals surface area contributed by atoms with Crippen molar-refractivity contribution >= 4 is 12.1 Å². The van der Waals surface area contributed by atoms with E-state index in [1.165, 1.54) is 22.3 Å². The number of hydrogen-bond acceptors (Lipinski definition) is 4. The summed E-state index contributed by atoms with van der Waals surface area (Å²) in [5, 5.41) is 18.4. The van der Waals surface area contributed by atoms with Gasteiger partial charge in [-0.2, -0.15) is 5.26 Å². The second-order valence-corrected chi connectivity index (χ2v) is 8.08. The molecule has 2 aromatic carbocycles. The Morgan fingerprint density at radius 3 is 2.17 bits per heavy atom. The van der Waals surface area contributed by atoms with Gasteiger partial charge < -0.3 is 14.7 Å². The number of fused-ring (bicyclic) bond motifs is 3. The highest BCUT2D eigenvalue weighted by molar-refractivity contribution is 5.79. The molecule has 2 aromatic rings. The summed E-state index contributed by atoms with van der Waals surface area (Å²) in [5.74, 6) is -0.886. The summed E-state index contributed by atoms with van der Waals surface area (Å²) in [5.41, 5.74) is 4.04. The first-order chi connectivity index (χ1) is 14.5. The third kappa shape index (κ3) is 3.76. The molecule has 154 valence electrons. The fourth-order valence-corrected chi connectivity index (χ4v) is 4.57. The van der Waals surface area contributed by atoms with Gasteiger partial charge in [0.05, 0.1) is 11.5 Å². The molecule has 1 N–H and O–H groups in total. The van der Waals surface area contributed by atoms with Crippen LogP contribution in [0.4, 0.5) is 4.79 Å². The molecule has 6 heteroatoms. The van der Waals surface area contributed by atoms with Crippen LogP contribution in [0.15, 0.2) is 48.5 Å². The van der Waals surface area contributed by atoms with Crippen LogP contribution in [0, 0.1) is 16.7 Å². The van der Waals surface area contributed by atoms with Crippen molar-refractivity contribution in [1.82, 2.24) is 4.90 Å². The van der Waals surface area contributed by atoms with Crippen LogP contribution >= 0.6 is 0 Å². The molecule has 1 fully saturated rings. The largest absolute Gasteiger partial charge is 0.481 e. The van der Waals surface area contributed by atoms with Gasteiger partial charge in [0, 0.05) is 25.4 Å². The first kappa shape index (κ1) is 20.0. The molecule has 30 heavy (non-hydrogen) atoms. The fourth-order valence-electron chi connectivity index (χ4n) is 4.57. The lowest BCUT2D eigenvalue weighted by Crippen LogP contribution is -2.43. The van der Waals surface area contributed by atoms with Crippen molar-refractivity contribution in [2.75, 3.05) is 19.7 Å². The maximum absolute atomic E-state index is 12.7. The number of amides is 1. The van der Waals surface area contributed by atoms with E-state index in [1.54, 1.807) is 4.90 Å². The zero-order chi connectivity index (χ0) is 21.1. The lowest BCUT2D eigenvalue weighted by molar-refractivity contribution is -0.137. The molecule has 0 saturated carbocycles. The van der Waals surface area contributed by atoms with Gasteiger partial charge in [0.2, 0.25) is 0 Å². The van der Waals surface area contributed by atoms with Crippen molar-refractivity contribution in [3.05, 3.63) is 59.7 Å². The van der Waals surface area contributed by atoms with Crippen molar-refractivity contribution in [2.45, 2.75) is 31.6 Å². The van der Waals surface area contributed by atoms with Crippen LogP contribution < -0.4 is 0 Å². The number of carbonyl (C=O) groups is 2. The summed E-state index contributed by atoms with van der Waals surface area (Å²) in [6, 6.07) is 18.7. The number of benzene rings is 2. The van der Waals surface area contributed by atoms with Gasteiger partial charge in [-0.3, -0.25) is 4.79 Å². The monoisotopic (exact) mass is 404 g/mol. The first-order valence-corrected chi connectivity index (χ1v) is 10.3. The van der Waals surface area contributed by atoms with E-state index in [0.717, 1.165) is 0 Å². The van der Waals surface area contributed by atoms with Gasteiger partial charge in [0.1, 0.15) is 6.61 Å². The van der Waals surface area contributed by atoms with E-state index < -0.39 is 11.4 Å². The van der Waals surface area contributed by atoms with Gasteiger partial charge >= 0.3 is 12.1 Å². The Labute approximate surface area is 175 Å². The predicted octanol–water partition coefficient (Wildman–Crippen LogP) is 4.41. The summed E-state index contributed by atoms with van der Waals surface area (Å²) >= 11 is 0. The third-order valence-electron chi connectivity index (χ3n) is 6.37. The Morgan fingerprint density at radius 1 is 1.07 bits per heavy atom. The zero-order valence-electron chi connectivity index (χ0n) is 16.7. The highest BCUT2D eigenvalue weighted by Crippen LogP contribution is 2.44. The molecule has 0 bridgehead atoms. The molecule has 0 aromatic heterocycles. The van der Waals surface area contributed by atoms with Crippen LogP contribution in [0.25, 0.3) is 11.1 Å². The van der Waals surface area contributed by atoms with Gasteiger partial charge in [-0.15, -0.1) is 0 Å². The molecule has 6 nitrogen and oxygen atoms in total. The summed E-state index contributed by atoms with van der Waals surface area (Å²) in [6.07, 6.45) is 0.860. The maximum atomic E-state index is 12.7. The quantitative estimate of drug-likeness (QED) is 0.797. The van der Waals surface area contributed by atoms with Gasteiger partial charge in [0.25, 0.3) is 0 Å². The molecule has 0 spiro atoms. The van der Waals surface area contributed by atoms with E-state index in [0.29, 0.717) is 32.4 Å². The number of hydrogen-bond donors (Lipinski definition) is 1. The van der Waals surface area contributed by atoms with Crippen molar-refractivity contribution < 1.29 is 19.4 Å². The number of carboxylic acids is 1. The van der Waals surface area contributed by atoms with Gasteiger partial charge in [-0.05, 0) is 41.5 Å². The van der Waals surface area contributed by atoms with Crippen LogP contribution in [-0.2, 0) is 9.53 Å². The Balaban J connectivity index is 1.38. The molecule has 0 atom stereocenters. The maximum Gasteiger partial charge on any atom is 0.409 e. The number of nitriles is 1. The van der Waals surface area contributed by atoms with E-state index in [4.69, 9.17) is 9.84 Å². The number of carboxylic acid groups (broad SMARTS) is 1. The number of likely N-dealkylation sites (tertiary alicyclic amines) is 1. The van der Waals surface area contributed by atoms with Crippen LogP contribution in [0.3, 0.4) is 0 Å². The molecule has 1 aliphatic heterocycles. The summed E-state index contributed by atoms with van der Waals surface area (Å²) in [7, 11) is 0. The molecular formula is C24H24N2O4. The van der Waals surface area contributed by atoms with Crippen molar-refractivity contribution in [3.63, 3.8) is 0 Å². The van der Waals surface area contributed by atoms with Gasteiger partial charge in [0.15, 0.2) is 0 Å². The normalized spacial score (nSPS) is 17.0. The van der Waals surface area contributed by atoms with Gasteiger partial charge in [-0.25, -0.2) is 4.79 Å². The lowest BCUT2D eigenvalue weighted by atomic mass is 9.76. The number of ether oxygens (including phenoxy) is 1. The molecule has 1 amide bonds. The van der Waals surface area contributed by atoms with Crippen molar-refractivity contribution in [1.29, 1.82) is 5.26 Å². The molecule has 0 radical (unpaired) electrons. The van der Waals surface area contributed by atoms with Crippen LogP contribution in [0.5, 0.6) is 0 Å². The smallest absolute Gasteiger partial charge is 0.409 e. The number of nitrogens with zero attached hydrogens (tertiary/aromatic N) is 2. The average molecular weight is 404 g/mol. The van der Waals surface area contributed by atoms with E-state index in [9.17, 15) is 14.9 Å². The van der Waals surface area contributed by atoms with Crippen LogP contribution in [0.2, 0.25) is 0 Å². The van der Waals surface area contributed by atoms with E-state index in [-0.39, 0.29) is 25.0 Å². The minimum Gasteiger partial charge on any atom is -0.481 e. The van der Waals surface area contributed by atoms with Crippen molar-refractivity contribution in [3.8, 4) is 17.2 Å². The lowest BCUT2D eigenvalue weighted by Gasteiger charge is -2.36. The predicted molar refractivity (Wildman–Crippen MR) is 111 cm³/mol. The minimum absolute atomic E-state index is 0.0138. The first-order valence-electron chi connectivity index (χ1n) is 10.3. The average Bonchev–Trinajstić information content (AvgIpc) is 3.10. The number of carbonyl (C=O) groups excluding carboxylic acids is 1. The fraction of sp³-hybridized carbons (Fsp3) is 0.375. The standard InChI is InChI=1S/C24H24N2O4/c25-16-24(10-9-22(27)28)11-13-26(14-12-24)23(29)30-15-21-19-7-3-1-5-17(19)18-6-2-4-8-20(18)21/h1-8,21H,9-15H2,(H,27,28). The molecular weight excluding hydrogens is 380 g/mol. The van der Waals surface area contributed by atoms with Crippen LogP contribution in [0.1, 0.15) is 42.7 Å². The second kappa shape index (κ2) is 8.19. The highest BCUT2D eigenvalue weighted by Gasteiger charge is 2.37. The Kier molecular flexibility index (Phi) is 5.45. The topological polar surface area (TPSA) is 90.6 Å². The Hall–Kier alpha value is -3.33. The van der Waals surface area contributed by atoms with Gasteiger partial charge in [-0.1, -0.05) is 48.5 Å². The Bertz CT molecular complexity index is 957. The zero-order valence-corrected chi connectivity index (χ0v) is 16.7. The molecule has 1 saturated heterocycles. The third-order valence-corrected chi connectivity index (χ3v) is 6.37.